The number of thiophene rings is 1. The van der Waals surface area contributed by atoms with E-state index in [4.69, 9.17) is 0 Å². The van der Waals surface area contributed by atoms with Crippen molar-refractivity contribution in [1.29, 1.82) is 0 Å². The predicted molar refractivity (Wildman–Crippen MR) is 61.5 cm³/mol. The van der Waals surface area contributed by atoms with Gasteiger partial charge in [0, 0.05) is 10.9 Å². The van der Waals surface area contributed by atoms with Crippen molar-refractivity contribution < 1.29 is 13.2 Å². The van der Waals surface area contributed by atoms with Gasteiger partial charge in [-0.2, -0.15) is 13.2 Å². The molecule has 0 aliphatic carbocycles. The first kappa shape index (κ1) is 12.6. The Morgan fingerprint density at radius 2 is 2.22 bits per heavy atom. The smallest absolute Gasteiger partial charge is 0.351 e. The highest BCUT2D eigenvalue weighted by atomic mass is 32.1. The van der Waals surface area contributed by atoms with Crippen molar-refractivity contribution in [2.45, 2.75) is 12.7 Å². The Balaban J connectivity index is 2.18. The van der Waals surface area contributed by atoms with Crippen molar-refractivity contribution in [2.24, 2.45) is 0 Å². The summed E-state index contributed by atoms with van der Waals surface area (Å²) < 4.78 is 37.3. The molecule has 0 aliphatic rings. The van der Waals surface area contributed by atoms with Crippen LogP contribution in [0.2, 0.25) is 0 Å². The van der Waals surface area contributed by atoms with Crippen LogP contribution in [0, 0.1) is 0 Å². The molecule has 96 valence electrons. The van der Waals surface area contributed by atoms with Gasteiger partial charge in [-0.3, -0.25) is 9.78 Å². The molecule has 2 aromatic rings. The molecule has 0 aromatic carbocycles. The fourth-order valence-electron chi connectivity index (χ4n) is 1.27. The zero-order valence-corrected chi connectivity index (χ0v) is 9.73. The lowest BCUT2D eigenvalue weighted by atomic mass is 10.4. The third-order valence-electron chi connectivity index (χ3n) is 2.04. The lowest BCUT2D eigenvalue weighted by molar-refractivity contribution is -0.141. The number of nitrogens with one attached hydrogen (secondary N) is 2. The maximum atomic E-state index is 12.4. The normalized spacial score (nSPS) is 11.5. The van der Waals surface area contributed by atoms with E-state index in [1.165, 1.54) is 11.3 Å². The summed E-state index contributed by atoms with van der Waals surface area (Å²) in [6.07, 6.45) is -4.63. The summed E-state index contributed by atoms with van der Waals surface area (Å²) in [5.41, 5.74) is -2.05. The van der Waals surface area contributed by atoms with E-state index in [2.05, 4.69) is 15.3 Å². The van der Waals surface area contributed by atoms with Gasteiger partial charge in [0.2, 0.25) is 5.95 Å². The van der Waals surface area contributed by atoms with Crippen LogP contribution >= 0.6 is 11.3 Å². The number of rotatable bonds is 3. The average molecular weight is 275 g/mol. The van der Waals surface area contributed by atoms with Gasteiger partial charge in [0.15, 0.2) is 5.69 Å². The molecule has 2 rings (SSSR count). The highest BCUT2D eigenvalue weighted by Crippen LogP contribution is 2.26. The van der Waals surface area contributed by atoms with Crippen LogP contribution in [0.1, 0.15) is 10.6 Å². The van der Waals surface area contributed by atoms with Gasteiger partial charge in [-0.15, -0.1) is 11.3 Å². The molecule has 2 N–H and O–H groups in total. The average Bonchev–Trinajstić information content (AvgIpc) is 2.77. The van der Waals surface area contributed by atoms with Gasteiger partial charge < -0.3 is 5.32 Å². The van der Waals surface area contributed by atoms with Crippen LogP contribution in [0.5, 0.6) is 0 Å². The second-order valence-corrected chi connectivity index (χ2v) is 4.44. The van der Waals surface area contributed by atoms with E-state index < -0.39 is 17.4 Å². The van der Waals surface area contributed by atoms with Gasteiger partial charge in [-0.05, 0) is 11.4 Å². The zero-order valence-electron chi connectivity index (χ0n) is 8.91. The summed E-state index contributed by atoms with van der Waals surface area (Å²) in [4.78, 5) is 17.5. The first-order valence-corrected chi connectivity index (χ1v) is 5.78. The zero-order chi connectivity index (χ0) is 13.2. The molecule has 0 amide bonds. The van der Waals surface area contributed by atoms with Gasteiger partial charge >= 0.3 is 6.18 Å². The summed E-state index contributed by atoms with van der Waals surface area (Å²) in [6, 6.07) is 4.07. The lowest BCUT2D eigenvalue weighted by Gasteiger charge is -2.08. The molecular weight excluding hydrogens is 267 g/mol. The van der Waals surface area contributed by atoms with Gasteiger partial charge in [-0.1, -0.05) is 6.07 Å². The summed E-state index contributed by atoms with van der Waals surface area (Å²) in [6.45, 7) is 0.307. The summed E-state index contributed by atoms with van der Waals surface area (Å²) in [5, 5.41) is 4.49. The number of H-pyrrole nitrogens is 1. The van der Waals surface area contributed by atoms with Crippen LogP contribution in [0.15, 0.2) is 28.4 Å². The quantitative estimate of drug-likeness (QED) is 0.904. The second kappa shape index (κ2) is 4.81. The molecule has 18 heavy (non-hydrogen) atoms. The Labute approximate surface area is 104 Å². The number of nitrogens with zero attached hydrogens (tertiary/aromatic N) is 1. The van der Waals surface area contributed by atoms with Gasteiger partial charge in [0.1, 0.15) is 0 Å². The van der Waals surface area contributed by atoms with Crippen LogP contribution in [0.3, 0.4) is 0 Å². The number of anilines is 1. The first-order valence-electron chi connectivity index (χ1n) is 4.90. The standard InChI is InChI=1S/C10H8F3N3OS/c11-10(12,13)7-4-8(17)16-9(15-7)14-5-6-2-1-3-18-6/h1-4H,5H2,(H2,14,15,16,17). The van der Waals surface area contributed by atoms with Gasteiger partial charge in [-0.25, -0.2) is 4.98 Å². The molecule has 0 aliphatic heterocycles. The molecule has 0 spiro atoms. The Hall–Kier alpha value is -1.83. The van der Waals surface area contributed by atoms with E-state index >= 15 is 0 Å². The monoisotopic (exact) mass is 275 g/mol. The molecule has 0 saturated heterocycles. The van der Waals surface area contributed by atoms with Crippen LogP contribution < -0.4 is 10.9 Å². The van der Waals surface area contributed by atoms with E-state index in [1.807, 2.05) is 17.5 Å². The van der Waals surface area contributed by atoms with Crippen molar-refractivity contribution in [3.8, 4) is 0 Å². The predicted octanol–water partition coefficient (Wildman–Crippen LogP) is 2.46. The second-order valence-electron chi connectivity index (χ2n) is 3.41. The van der Waals surface area contributed by atoms with Gasteiger partial charge in [0.25, 0.3) is 5.56 Å². The number of aromatic nitrogens is 2. The highest BCUT2D eigenvalue weighted by Gasteiger charge is 2.33. The molecule has 0 bridgehead atoms. The fourth-order valence-corrected chi connectivity index (χ4v) is 1.92. The minimum Gasteiger partial charge on any atom is -0.351 e. The molecule has 0 radical (unpaired) electrons. The fraction of sp³-hybridized carbons (Fsp3) is 0.200. The van der Waals surface area contributed by atoms with Crippen molar-refractivity contribution in [3.05, 3.63) is 44.5 Å². The van der Waals surface area contributed by atoms with Gasteiger partial charge in [0.05, 0.1) is 6.54 Å². The molecule has 0 saturated carbocycles. The largest absolute Gasteiger partial charge is 0.433 e. The van der Waals surface area contributed by atoms with Crippen molar-refractivity contribution >= 4 is 17.3 Å². The number of hydrogen-bond acceptors (Lipinski definition) is 4. The molecule has 0 atom stereocenters. The Morgan fingerprint density at radius 3 is 2.83 bits per heavy atom. The van der Waals surface area contributed by atoms with Crippen molar-refractivity contribution in [1.82, 2.24) is 9.97 Å². The molecule has 2 heterocycles. The third-order valence-corrected chi connectivity index (χ3v) is 2.92. The number of halogens is 3. The lowest BCUT2D eigenvalue weighted by Crippen LogP contribution is -2.18. The maximum absolute atomic E-state index is 12.4. The summed E-state index contributed by atoms with van der Waals surface area (Å²) in [7, 11) is 0. The first-order chi connectivity index (χ1) is 8.45. The minimum absolute atomic E-state index is 0.191. The van der Waals surface area contributed by atoms with E-state index in [0.717, 1.165) is 4.88 Å². The van der Waals surface area contributed by atoms with Crippen molar-refractivity contribution in [3.63, 3.8) is 0 Å². The van der Waals surface area contributed by atoms with Crippen molar-refractivity contribution in [2.75, 3.05) is 5.32 Å². The summed E-state index contributed by atoms with van der Waals surface area (Å²) in [5.74, 6) is -0.191. The molecule has 8 heteroatoms. The van der Waals surface area contributed by atoms with E-state index in [1.54, 1.807) is 0 Å². The Kier molecular flexibility index (Phi) is 3.37. The van der Waals surface area contributed by atoms with Crippen LogP contribution in [0.4, 0.5) is 19.1 Å². The Morgan fingerprint density at radius 1 is 1.44 bits per heavy atom. The number of hydrogen-bond donors (Lipinski definition) is 2. The third kappa shape index (κ3) is 3.10. The molecular formula is C10H8F3N3OS. The maximum Gasteiger partial charge on any atom is 0.433 e. The number of aromatic amines is 1. The van der Waals surface area contributed by atoms with E-state index in [0.29, 0.717) is 12.6 Å². The minimum atomic E-state index is -4.63. The van der Waals surface area contributed by atoms with Crippen LogP contribution in [0.25, 0.3) is 0 Å². The Bertz CT molecular complexity index is 577. The van der Waals surface area contributed by atoms with E-state index in [-0.39, 0.29) is 5.95 Å². The van der Waals surface area contributed by atoms with E-state index in [9.17, 15) is 18.0 Å². The summed E-state index contributed by atoms with van der Waals surface area (Å²) >= 11 is 1.45. The molecule has 2 aromatic heterocycles. The molecule has 4 nitrogen and oxygen atoms in total. The molecule has 0 unspecified atom stereocenters. The molecule has 0 fully saturated rings. The topological polar surface area (TPSA) is 57.8 Å². The van der Waals surface area contributed by atoms with Crippen LogP contribution in [-0.4, -0.2) is 9.97 Å². The number of alkyl halides is 3. The highest BCUT2D eigenvalue weighted by molar-refractivity contribution is 7.09. The van der Waals surface area contributed by atoms with Crippen LogP contribution in [-0.2, 0) is 12.7 Å². The SMILES string of the molecule is O=c1cc(C(F)(F)F)nc(NCc2cccs2)[nH]1.